The summed E-state index contributed by atoms with van der Waals surface area (Å²) in [5.41, 5.74) is 7.17. The number of nitrogens with zero attached hydrogens (tertiary/aromatic N) is 1. The minimum atomic E-state index is 0. The van der Waals surface area contributed by atoms with E-state index in [0.717, 1.165) is 48.8 Å². The van der Waals surface area contributed by atoms with Gasteiger partial charge in [0.05, 0.1) is 14.2 Å². The van der Waals surface area contributed by atoms with Gasteiger partial charge < -0.3 is 20.5 Å². The van der Waals surface area contributed by atoms with Crippen molar-refractivity contribution in [3.8, 4) is 11.5 Å². The van der Waals surface area contributed by atoms with Gasteiger partial charge in [0, 0.05) is 13.1 Å². The summed E-state index contributed by atoms with van der Waals surface area (Å²) >= 11 is 0. The van der Waals surface area contributed by atoms with E-state index in [4.69, 9.17) is 15.2 Å². The van der Waals surface area contributed by atoms with E-state index < -0.39 is 0 Å². The van der Waals surface area contributed by atoms with Crippen LogP contribution in [0.4, 0.5) is 0 Å². The van der Waals surface area contributed by atoms with Crippen molar-refractivity contribution in [3.05, 3.63) is 23.8 Å². The van der Waals surface area contributed by atoms with Crippen molar-refractivity contribution in [1.82, 2.24) is 5.32 Å². The smallest absolute Gasteiger partial charge is 0.188 e. The molecule has 0 spiro atoms. The quantitative estimate of drug-likeness (QED) is 0.344. The number of fused-ring (bicyclic) bond motifs is 2. The van der Waals surface area contributed by atoms with E-state index in [1.54, 1.807) is 14.2 Å². The predicted molar refractivity (Wildman–Crippen MR) is 117 cm³/mol. The number of rotatable bonds is 8. The second-order valence-electron chi connectivity index (χ2n) is 7.36. The van der Waals surface area contributed by atoms with Crippen LogP contribution in [-0.4, -0.2) is 33.3 Å². The Morgan fingerprint density at radius 3 is 2.65 bits per heavy atom. The van der Waals surface area contributed by atoms with Crippen molar-refractivity contribution in [2.24, 2.45) is 28.5 Å². The maximum Gasteiger partial charge on any atom is 0.188 e. The number of methoxy groups -OCH3 is 2. The average Bonchev–Trinajstić information content (AvgIpc) is 3.24. The van der Waals surface area contributed by atoms with Gasteiger partial charge in [-0.05, 0) is 67.6 Å². The molecule has 0 heterocycles. The molecule has 0 aromatic heterocycles. The predicted octanol–water partition coefficient (Wildman–Crippen LogP) is 3.59. The Hall–Kier alpha value is -1.18. The summed E-state index contributed by atoms with van der Waals surface area (Å²) in [4.78, 5) is 4.50. The van der Waals surface area contributed by atoms with E-state index in [2.05, 4.69) is 10.3 Å². The first-order chi connectivity index (χ1) is 12.2. The Labute approximate surface area is 174 Å². The third kappa shape index (κ3) is 5.41. The molecule has 2 aliphatic carbocycles. The highest BCUT2D eigenvalue weighted by atomic mass is 127. The number of nitrogens with one attached hydrogen (secondary N) is 1. The lowest BCUT2D eigenvalue weighted by Crippen LogP contribution is -2.33. The number of hydrogen-bond acceptors (Lipinski definition) is 3. The Kier molecular flexibility index (Phi) is 8.31. The van der Waals surface area contributed by atoms with E-state index >= 15 is 0 Å². The Bertz CT molecular complexity index is 609. The summed E-state index contributed by atoms with van der Waals surface area (Å²) in [6, 6.07) is 5.98. The van der Waals surface area contributed by atoms with Crippen LogP contribution in [0.1, 0.15) is 37.7 Å². The standard InChI is InChI=1S/C20H31N3O2.HI/c1-24-18-6-4-14(13-19(18)25-2)7-9-22-20(21)23-10-8-17-12-15-3-5-16(17)11-15;/h4,6,13,15-17H,3,5,7-12H2,1-2H3,(H3,21,22,23);1H. The molecule has 5 nitrogen and oxygen atoms in total. The molecule has 2 bridgehead atoms. The highest BCUT2D eigenvalue weighted by Gasteiger charge is 2.38. The first-order valence-corrected chi connectivity index (χ1v) is 9.44. The van der Waals surface area contributed by atoms with Gasteiger partial charge in [-0.1, -0.05) is 12.5 Å². The van der Waals surface area contributed by atoms with Crippen LogP contribution < -0.4 is 20.5 Å². The zero-order chi connectivity index (χ0) is 17.6. The molecule has 2 aliphatic rings. The molecule has 2 fully saturated rings. The average molecular weight is 473 g/mol. The van der Waals surface area contributed by atoms with Gasteiger partial charge in [0.2, 0.25) is 0 Å². The van der Waals surface area contributed by atoms with Crippen molar-refractivity contribution < 1.29 is 9.47 Å². The molecule has 2 saturated carbocycles. The minimum absolute atomic E-state index is 0. The lowest BCUT2D eigenvalue weighted by molar-refractivity contribution is 0.318. The Morgan fingerprint density at radius 2 is 2.00 bits per heavy atom. The van der Waals surface area contributed by atoms with Gasteiger partial charge in [-0.2, -0.15) is 0 Å². The molecule has 3 atom stereocenters. The van der Waals surface area contributed by atoms with Gasteiger partial charge in [-0.3, -0.25) is 4.99 Å². The van der Waals surface area contributed by atoms with Crippen molar-refractivity contribution in [3.63, 3.8) is 0 Å². The van der Waals surface area contributed by atoms with Crippen LogP contribution in [-0.2, 0) is 6.42 Å². The van der Waals surface area contributed by atoms with Crippen LogP contribution in [0.15, 0.2) is 23.2 Å². The number of guanidine groups is 1. The van der Waals surface area contributed by atoms with Crippen molar-refractivity contribution in [1.29, 1.82) is 0 Å². The summed E-state index contributed by atoms with van der Waals surface area (Å²) in [6.45, 7) is 1.61. The maximum absolute atomic E-state index is 5.99. The Morgan fingerprint density at radius 1 is 1.19 bits per heavy atom. The van der Waals surface area contributed by atoms with Crippen LogP contribution in [0.3, 0.4) is 0 Å². The number of ether oxygens (including phenoxy) is 2. The van der Waals surface area contributed by atoms with E-state index in [9.17, 15) is 0 Å². The summed E-state index contributed by atoms with van der Waals surface area (Å²) in [7, 11) is 3.30. The van der Waals surface area contributed by atoms with Crippen LogP contribution >= 0.6 is 24.0 Å². The monoisotopic (exact) mass is 473 g/mol. The number of benzene rings is 1. The molecule has 3 unspecified atom stereocenters. The Balaban J connectivity index is 0.00000243. The molecule has 6 heteroatoms. The molecular formula is C20H32IN3O2. The lowest BCUT2D eigenvalue weighted by atomic mass is 9.86. The lowest BCUT2D eigenvalue weighted by Gasteiger charge is -2.20. The van der Waals surface area contributed by atoms with E-state index in [0.29, 0.717) is 5.96 Å². The molecular weight excluding hydrogens is 441 g/mol. The molecule has 3 rings (SSSR count). The van der Waals surface area contributed by atoms with Crippen LogP contribution in [0.5, 0.6) is 11.5 Å². The van der Waals surface area contributed by atoms with Crippen molar-refractivity contribution >= 4 is 29.9 Å². The van der Waals surface area contributed by atoms with Crippen molar-refractivity contribution in [2.45, 2.75) is 38.5 Å². The molecule has 146 valence electrons. The summed E-state index contributed by atoms with van der Waals surface area (Å²) in [5.74, 6) is 4.94. The van der Waals surface area contributed by atoms with Gasteiger partial charge in [-0.25, -0.2) is 0 Å². The number of aliphatic imine (C=N–C) groups is 1. The van der Waals surface area contributed by atoms with Gasteiger partial charge in [-0.15, -0.1) is 24.0 Å². The van der Waals surface area contributed by atoms with Gasteiger partial charge in [0.25, 0.3) is 0 Å². The van der Waals surface area contributed by atoms with Crippen LogP contribution in [0.2, 0.25) is 0 Å². The highest BCUT2D eigenvalue weighted by molar-refractivity contribution is 14.0. The summed E-state index contributed by atoms with van der Waals surface area (Å²) in [5, 5.41) is 3.21. The molecule has 26 heavy (non-hydrogen) atoms. The largest absolute Gasteiger partial charge is 0.493 e. The number of hydrogen-bond donors (Lipinski definition) is 2. The van der Waals surface area contributed by atoms with Gasteiger partial charge >= 0.3 is 0 Å². The number of nitrogens with two attached hydrogens (primary N) is 1. The van der Waals surface area contributed by atoms with Crippen molar-refractivity contribution in [2.75, 3.05) is 27.3 Å². The fourth-order valence-electron chi connectivity index (χ4n) is 4.51. The molecule has 0 aliphatic heterocycles. The summed E-state index contributed by atoms with van der Waals surface area (Å²) in [6.07, 6.45) is 7.85. The zero-order valence-corrected chi connectivity index (χ0v) is 18.2. The SMILES string of the molecule is COc1ccc(CCNC(N)=NCCC2CC3CCC2C3)cc1OC.I. The first kappa shape index (κ1) is 21.1. The third-order valence-electron chi connectivity index (χ3n) is 5.83. The second kappa shape index (κ2) is 10.2. The summed E-state index contributed by atoms with van der Waals surface area (Å²) < 4.78 is 10.6. The molecule has 0 amide bonds. The topological polar surface area (TPSA) is 68.9 Å². The van der Waals surface area contributed by atoms with E-state index in [-0.39, 0.29) is 24.0 Å². The normalized spacial score (nSPS) is 24.2. The van der Waals surface area contributed by atoms with E-state index in [1.807, 2.05) is 18.2 Å². The highest BCUT2D eigenvalue weighted by Crippen LogP contribution is 2.49. The molecule has 0 radical (unpaired) electrons. The first-order valence-electron chi connectivity index (χ1n) is 9.44. The number of halogens is 1. The van der Waals surface area contributed by atoms with Gasteiger partial charge in [0.1, 0.15) is 0 Å². The molecule has 0 saturated heterocycles. The molecule has 1 aromatic carbocycles. The third-order valence-corrected chi connectivity index (χ3v) is 5.83. The maximum atomic E-state index is 5.99. The fourth-order valence-corrected chi connectivity index (χ4v) is 4.51. The van der Waals surface area contributed by atoms with Gasteiger partial charge in [0.15, 0.2) is 17.5 Å². The zero-order valence-electron chi connectivity index (χ0n) is 15.9. The second-order valence-corrected chi connectivity index (χ2v) is 7.36. The fraction of sp³-hybridized carbons (Fsp3) is 0.650. The molecule has 3 N–H and O–H groups in total. The van der Waals surface area contributed by atoms with Crippen LogP contribution in [0.25, 0.3) is 0 Å². The molecule has 1 aromatic rings. The minimum Gasteiger partial charge on any atom is -0.493 e. The van der Waals surface area contributed by atoms with Crippen LogP contribution in [0, 0.1) is 17.8 Å². The van der Waals surface area contributed by atoms with E-state index in [1.165, 1.54) is 37.7 Å².